The second-order valence-corrected chi connectivity index (χ2v) is 5.54. The summed E-state index contributed by atoms with van der Waals surface area (Å²) >= 11 is 0. The summed E-state index contributed by atoms with van der Waals surface area (Å²) in [6.07, 6.45) is -0.478. The van der Waals surface area contributed by atoms with Gasteiger partial charge in [0.2, 0.25) is 0 Å². The van der Waals surface area contributed by atoms with E-state index in [-0.39, 0.29) is 11.4 Å². The number of sulfone groups is 1. The Labute approximate surface area is 93.8 Å². The molecule has 0 heterocycles. The maximum absolute atomic E-state index is 12.0. The smallest absolute Gasteiger partial charge is 0.304 e. The van der Waals surface area contributed by atoms with Crippen LogP contribution in [0.25, 0.3) is 0 Å². The molecule has 0 amide bonds. The molecule has 16 heavy (non-hydrogen) atoms. The quantitative estimate of drug-likeness (QED) is 0.773. The Balaban J connectivity index is 3.05. The molecule has 0 saturated heterocycles. The summed E-state index contributed by atoms with van der Waals surface area (Å²) in [7, 11) is -3.65. The highest BCUT2D eigenvalue weighted by Crippen LogP contribution is 2.17. The van der Waals surface area contributed by atoms with Gasteiger partial charge in [-0.05, 0) is 12.1 Å². The molecule has 1 rings (SSSR count). The minimum Gasteiger partial charge on any atom is -0.481 e. The molecule has 0 fully saturated rings. The Bertz CT molecular complexity index is 455. The highest BCUT2D eigenvalue weighted by molar-refractivity contribution is 7.92. The largest absolute Gasteiger partial charge is 0.481 e. The molecule has 1 atom stereocenters. The van der Waals surface area contributed by atoms with Crippen LogP contribution < -0.4 is 5.73 Å². The zero-order valence-corrected chi connectivity index (χ0v) is 9.35. The van der Waals surface area contributed by atoms with Crippen LogP contribution in [0.4, 0.5) is 0 Å². The maximum Gasteiger partial charge on any atom is 0.304 e. The van der Waals surface area contributed by atoms with Crippen LogP contribution in [0.3, 0.4) is 0 Å². The average Bonchev–Trinajstić information content (AvgIpc) is 2.26. The van der Waals surface area contributed by atoms with Crippen LogP contribution in [0.1, 0.15) is 6.42 Å². The standard InChI is InChI=1S/C10H13NO4S/c11-7-9(6-10(12)13)16(14,15)8-4-2-1-3-5-8/h1-5,9H,6-7,11H2,(H,12,13). The van der Waals surface area contributed by atoms with Crippen molar-refractivity contribution in [2.24, 2.45) is 5.73 Å². The lowest BCUT2D eigenvalue weighted by Crippen LogP contribution is -2.32. The minimum atomic E-state index is -3.65. The van der Waals surface area contributed by atoms with Gasteiger partial charge < -0.3 is 10.8 Å². The van der Waals surface area contributed by atoms with E-state index in [2.05, 4.69) is 0 Å². The first-order valence-corrected chi connectivity index (χ1v) is 6.24. The lowest BCUT2D eigenvalue weighted by molar-refractivity contribution is -0.137. The molecular formula is C10H13NO4S. The molecule has 0 aromatic heterocycles. The number of carboxylic acids is 1. The molecule has 0 aliphatic heterocycles. The van der Waals surface area contributed by atoms with Crippen molar-refractivity contribution < 1.29 is 18.3 Å². The summed E-state index contributed by atoms with van der Waals surface area (Å²) in [6, 6.07) is 7.72. The van der Waals surface area contributed by atoms with Crippen LogP contribution in [0.5, 0.6) is 0 Å². The monoisotopic (exact) mass is 243 g/mol. The third-order valence-corrected chi connectivity index (χ3v) is 4.34. The fourth-order valence-corrected chi connectivity index (χ4v) is 2.85. The van der Waals surface area contributed by atoms with Gasteiger partial charge in [-0.1, -0.05) is 18.2 Å². The van der Waals surface area contributed by atoms with Crippen molar-refractivity contribution in [1.82, 2.24) is 0 Å². The lowest BCUT2D eigenvalue weighted by atomic mass is 10.3. The highest BCUT2D eigenvalue weighted by Gasteiger charge is 2.28. The van der Waals surface area contributed by atoms with Crippen LogP contribution in [0.15, 0.2) is 35.2 Å². The van der Waals surface area contributed by atoms with Crippen LogP contribution in [-0.4, -0.2) is 31.3 Å². The molecular weight excluding hydrogens is 230 g/mol. The van der Waals surface area contributed by atoms with Crippen molar-refractivity contribution in [1.29, 1.82) is 0 Å². The molecule has 1 aromatic carbocycles. The third kappa shape index (κ3) is 2.80. The predicted molar refractivity (Wildman–Crippen MR) is 58.7 cm³/mol. The highest BCUT2D eigenvalue weighted by atomic mass is 32.2. The lowest BCUT2D eigenvalue weighted by Gasteiger charge is -2.13. The van der Waals surface area contributed by atoms with Gasteiger partial charge in [-0.2, -0.15) is 0 Å². The average molecular weight is 243 g/mol. The van der Waals surface area contributed by atoms with Crippen LogP contribution in [-0.2, 0) is 14.6 Å². The number of hydrogen-bond donors (Lipinski definition) is 2. The van der Waals surface area contributed by atoms with Crippen molar-refractivity contribution in [2.75, 3.05) is 6.54 Å². The first-order valence-electron chi connectivity index (χ1n) is 4.69. The molecule has 3 N–H and O–H groups in total. The maximum atomic E-state index is 12.0. The van der Waals surface area contributed by atoms with Crippen LogP contribution in [0.2, 0.25) is 0 Å². The molecule has 1 aromatic rings. The van der Waals surface area contributed by atoms with E-state index in [1.165, 1.54) is 12.1 Å². The summed E-state index contributed by atoms with van der Waals surface area (Å²) in [6.45, 7) is -0.205. The Hall–Kier alpha value is -1.40. The van der Waals surface area contributed by atoms with E-state index in [1.54, 1.807) is 18.2 Å². The van der Waals surface area contributed by atoms with Crippen molar-refractivity contribution in [3.63, 3.8) is 0 Å². The van der Waals surface area contributed by atoms with Crippen LogP contribution >= 0.6 is 0 Å². The summed E-state index contributed by atoms with van der Waals surface area (Å²) < 4.78 is 23.9. The molecule has 88 valence electrons. The van der Waals surface area contributed by atoms with Crippen molar-refractivity contribution in [2.45, 2.75) is 16.6 Å². The van der Waals surface area contributed by atoms with Crippen LogP contribution in [0, 0.1) is 0 Å². The predicted octanol–water partition coefficient (Wildman–Crippen LogP) is 0.262. The Morgan fingerprint density at radius 3 is 2.31 bits per heavy atom. The van der Waals surface area contributed by atoms with Gasteiger partial charge in [-0.15, -0.1) is 0 Å². The molecule has 6 heteroatoms. The van der Waals surface area contributed by atoms with E-state index in [0.717, 1.165) is 0 Å². The number of hydrogen-bond acceptors (Lipinski definition) is 4. The second-order valence-electron chi connectivity index (χ2n) is 3.31. The fourth-order valence-electron chi connectivity index (χ4n) is 1.32. The van der Waals surface area contributed by atoms with Gasteiger partial charge in [0, 0.05) is 6.54 Å². The number of rotatable bonds is 5. The Kier molecular flexibility index (Phi) is 4.03. The molecule has 0 radical (unpaired) electrons. The van der Waals surface area contributed by atoms with Gasteiger partial charge in [-0.3, -0.25) is 4.79 Å². The van der Waals surface area contributed by atoms with Crippen molar-refractivity contribution in [3.05, 3.63) is 30.3 Å². The molecule has 0 aliphatic rings. The third-order valence-electron chi connectivity index (χ3n) is 2.18. The van der Waals surface area contributed by atoms with Crippen molar-refractivity contribution >= 4 is 15.8 Å². The van der Waals surface area contributed by atoms with E-state index in [4.69, 9.17) is 10.8 Å². The molecule has 0 aliphatic carbocycles. The minimum absolute atomic E-state index is 0.103. The fraction of sp³-hybridized carbons (Fsp3) is 0.300. The molecule has 0 spiro atoms. The number of nitrogens with two attached hydrogens (primary N) is 1. The van der Waals surface area contributed by atoms with Gasteiger partial charge in [0.1, 0.15) is 0 Å². The van der Waals surface area contributed by atoms with E-state index in [0.29, 0.717) is 0 Å². The SMILES string of the molecule is NCC(CC(=O)O)S(=O)(=O)c1ccccc1. The van der Waals surface area contributed by atoms with Gasteiger partial charge in [0.25, 0.3) is 0 Å². The Morgan fingerprint density at radius 1 is 1.31 bits per heavy atom. The first-order chi connectivity index (χ1) is 7.48. The van der Waals surface area contributed by atoms with Gasteiger partial charge >= 0.3 is 5.97 Å². The van der Waals surface area contributed by atoms with E-state index in [9.17, 15) is 13.2 Å². The second kappa shape index (κ2) is 5.09. The zero-order chi connectivity index (χ0) is 12.2. The summed E-state index contributed by atoms with van der Waals surface area (Å²) in [5.41, 5.74) is 5.30. The zero-order valence-electron chi connectivity index (χ0n) is 8.54. The van der Waals surface area contributed by atoms with Gasteiger partial charge in [0.05, 0.1) is 16.6 Å². The van der Waals surface area contributed by atoms with Gasteiger partial charge in [0.15, 0.2) is 9.84 Å². The topological polar surface area (TPSA) is 97.5 Å². The Morgan fingerprint density at radius 2 is 1.88 bits per heavy atom. The summed E-state index contributed by atoms with van der Waals surface area (Å²) in [5, 5.41) is 7.53. The molecule has 0 saturated carbocycles. The number of carboxylic acid groups (broad SMARTS) is 1. The van der Waals surface area contributed by atoms with Crippen molar-refractivity contribution in [3.8, 4) is 0 Å². The number of aliphatic carboxylic acids is 1. The summed E-state index contributed by atoms with van der Waals surface area (Å²) in [5.74, 6) is -1.17. The number of benzene rings is 1. The molecule has 5 nitrogen and oxygen atoms in total. The van der Waals surface area contributed by atoms with Gasteiger partial charge in [-0.25, -0.2) is 8.42 Å². The summed E-state index contributed by atoms with van der Waals surface area (Å²) in [4.78, 5) is 10.6. The molecule has 1 unspecified atom stereocenters. The van der Waals surface area contributed by atoms with E-state index < -0.39 is 27.5 Å². The first kappa shape index (κ1) is 12.7. The molecule has 0 bridgehead atoms. The van der Waals surface area contributed by atoms with E-state index in [1.807, 2.05) is 0 Å². The van der Waals surface area contributed by atoms with E-state index >= 15 is 0 Å². The normalized spacial score (nSPS) is 13.3. The number of carbonyl (C=O) groups is 1.